The third-order valence-electron chi connectivity index (χ3n) is 8.41. The van der Waals surface area contributed by atoms with Crippen LogP contribution in [0.2, 0.25) is 0 Å². The summed E-state index contributed by atoms with van der Waals surface area (Å²) in [5, 5.41) is 0. The summed E-state index contributed by atoms with van der Waals surface area (Å²) in [4.78, 5) is 25.7. The smallest absolute Gasteiger partial charge is 0.115 e. The van der Waals surface area contributed by atoms with E-state index in [0.29, 0.717) is 5.71 Å². The summed E-state index contributed by atoms with van der Waals surface area (Å²) < 4.78 is 0. The topological polar surface area (TPSA) is 62.9 Å². The Morgan fingerprint density at radius 2 is 0.681 bits per heavy atom. The monoisotopic (exact) mass is 619 g/mol. The molecule has 0 N–H and O–H groups in total. The standard InChI is InChI=1S/C42H45N5/c1-24-18-27(4)39(28(5)19-24)43-33(10)35-14-12-16-37(45-35)42(47-41-31(8)22-26(3)23-32(41)9)38-17-13-15-36(46-38)34(11)44-40-29(6)20-25(2)21-30(40)7/h12-23H,1-11H3. The van der Waals surface area contributed by atoms with Crippen molar-refractivity contribution in [1.29, 1.82) is 0 Å². The summed E-state index contributed by atoms with van der Waals surface area (Å²) in [6, 6.07) is 25.1. The minimum atomic E-state index is 0.703. The number of rotatable bonds is 7. The number of aliphatic imine (C=N–C) groups is 3. The van der Waals surface area contributed by atoms with Crippen molar-refractivity contribution in [2.75, 3.05) is 0 Å². The van der Waals surface area contributed by atoms with E-state index in [-0.39, 0.29) is 0 Å². The molecular weight excluding hydrogens is 574 g/mol. The lowest BCUT2D eigenvalue weighted by Crippen LogP contribution is -2.13. The molecule has 2 aromatic heterocycles. The molecule has 0 saturated heterocycles. The fourth-order valence-electron chi connectivity index (χ4n) is 6.39. The largest absolute Gasteiger partial charge is 0.251 e. The Balaban J connectivity index is 1.66. The van der Waals surface area contributed by atoms with E-state index in [9.17, 15) is 0 Å². The summed E-state index contributed by atoms with van der Waals surface area (Å²) in [6.07, 6.45) is 0. The zero-order valence-corrected chi connectivity index (χ0v) is 29.7. The lowest BCUT2D eigenvalue weighted by atomic mass is 10.0. The maximum atomic E-state index is 5.30. The van der Waals surface area contributed by atoms with Crippen LogP contribution in [-0.2, 0) is 0 Å². The average molecular weight is 620 g/mol. The summed E-state index contributed by atoms with van der Waals surface area (Å²) in [5.74, 6) is 0. The Morgan fingerprint density at radius 1 is 0.404 bits per heavy atom. The Labute approximate surface area is 280 Å². The van der Waals surface area contributed by atoms with Crippen molar-refractivity contribution in [2.24, 2.45) is 15.0 Å². The predicted molar refractivity (Wildman–Crippen MR) is 199 cm³/mol. The van der Waals surface area contributed by atoms with Crippen LogP contribution in [0.25, 0.3) is 0 Å². The summed E-state index contributed by atoms with van der Waals surface area (Å²) in [5.41, 5.74) is 18.9. The molecule has 0 aliphatic heterocycles. The molecule has 238 valence electrons. The Bertz CT molecular complexity index is 1910. The molecule has 47 heavy (non-hydrogen) atoms. The lowest BCUT2D eigenvalue weighted by molar-refractivity contribution is 1.19. The van der Waals surface area contributed by atoms with Gasteiger partial charge in [0.15, 0.2) is 0 Å². The van der Waals surface area contributed by atoms with Crippen LogP contribution in [-0.4, -0.2) is 27.1 Å². The molecule has 0 saturated carbocycles. The molecule has 0 bridgehead atoms. The van der Waals surface area contributed by atoms with E-state index in [1.54, 1.807) is 0 Å². The Hall–Kier alpha value is -5.03. The van der Waals surface area contributed by atoms with E-state index in [4.69, 9.17) is 24.9 Å². The third kappa shape index (κ3) is 7.52. The van der Waals surface area contributed by atoms with Gasteiger partial charge in [-0.15, -0.1) is 0 Å². The second-order valence-electron chi connectivity index (χ2n) is 12.9. The van der Waals surface area contributed by atoms with Gasteiger partial charge in [-0.2, -0.15) is 0 Å². The highest BCUT2D eigenvalue weighted by Crippen LogP contribution is 2.29. The van der Waals surface area contributed by atoms with E-state index in [1.807, 2.05) is 50.2 Å². The molecule has 0 spiro atoms. The van der Waals surface area contributed by atoms with Crippen molar-refractivity contribution < 1.29 is 0 Å². The lowest BCUT2D eigenvalue weighted by Gasteiger charge is -2.13. The number of benzene rings is 3. The highest BCUT2D eigenvalue weighted by atomic mass is 14.9. The third-order valence-corrected chi connectivity index (χ3v) is 8.41. The van der Waals surface area contributed by atoms with Crippen LogP contribution >= 0.6 is 0 Å². The number of hydrogen-bond donors (Lipinski definition) is 0. The van der Waals surface area contributed by atoms with Gasteiger partial charge in [0.25, 0.3) is 0 Å². The first-order valence-corrected chi connectivity index (χ1v) is 16.2. The van der Waals surface area contributed by atoms with Gasteiger partial charge in [-0.1, -0.05) is 65.2 Å². The number of aryl methyl sites for hydroxylation is 9. The van der Waals surface area contributed by atoms with Crippen molar-refractivity contribution in [3.63, 3.8) is 0 Å². The maximum absolute atomic E-state index is 5.30. The van der Waals surface area contributed by atoms with Gasteiger partial charge in [-0.05, 0) is 134 Å². The fraction of sp³-hybridized carbons (Fsp3) is 0.262. The van der Waals surface area contributed by atoms with Crippen LogP contribution < -0.4 is 0 Å². The van der Waals surface area contributed by atoms with Gasteiger partial charge < -0.3 is 0 Å². The molecule has 5 rings (SSSR count). The minimum absolute atomic E-state index is 0.703. The zero-order chi connectivity index (χ0) is 34.0. The zero-order valence-electron chi connectivity index (χ0n) is 29.7. The summed E-state index contributed by atoms with van der Waals surface area (Å²) in [6.45, 7) is 23.0. The molecule has 2 heterocycles. The quantitative estimate of drug-likeness (QED) is 0.170. The van der Waals surface area contributed by atoms with Crippen molar-refractivity contribution in [3.05, 3.63) is 146 Å². The number of pyridine rings is 2. The molecule has 3 aromatic carbocycles. The normalized spacial score (nSPS) is 12.0. The van der Waals surface area contributed by atoms with Crippen LogP contribution in [0.3, 0.4) is 0 Å². The van der Waals surface area contributed by atoms with Crippen LogP contribution in [0.1, 0.15) is 86.7 Å². The molecular formula is C42H45N5. The maximum Gasteiger partial charge on any atom is 0.115 e. The van der Waals surface area contributed by atoms with E-state index in [2.05, 4.69) is 98.7 Å². The molecule has 0 unspecified atom stereocenters. The van der Waals surface area contributed by atoms with E-state index in [1.165, 1.54) is 16.7 Å². The van der Waals surface area contributed by atoms with Gasteiger partial charge in [0.1, 0.15) is 5.71 Å². The Kier molecular flexibility index (Phi) is 9.76. The van der Waals surface area contributed by atoms with Crippen LogP contribution in [0.15, 0.2) is 87.8 Å². The molecule has 0 aliphatic carbocycles. The highest BCUT2D eigenvalue weighted by Gasteiger charge is 2.16. The second kappa shape index (κ2) is 13.8. The van der Waals surface area contributed by atoms with Gasteiger partial charge >= 0.3 is 0 Å². The molecule has 0 fully saturated rings. The SMILES string of the molecule is CC(=Nc1c(C)cc(C)cc1C)c1cccc(C(=Nc2c(C)cc(C)cc2C)c2cccc(C(C)=Nc3c(C)cc(C)cc3C)n2)n1. The number of aromatic nitrogens is 2. The molecule has 0 aliphatic rings. The van der Waals surface area contributed by atoms with E-state index >= 15 is 0 Å². The van der Waals surface area contributed by atoms with Crippen molar-refractivity contribution in [2.45, 2.75) is 76.2 Å². The summed E-state index contributed by atoms with van der Waals surface area (Å²) >= 11 is 0. The molecule has 0 radical (unpaired) electrons. The first-order valence-electron chi connectivity index (χ1n) is 16.2. The average Bonchev–Trinajstić information content (AvgIpc) is 3.00. The Morgan fingerprint density at radius 3 is 1.00 bits per heavy atom. The van der Waals surface area contributed by atoms with Gasteiger partial charge in [0, 0.05) is 0 Å². The molecule has 0 amide bonds. The van der Waals surface area contributed by atoms with Gasteiger partial charge in [-0.25, -0.2) is 15.0 Å². The fourth-order valence-corrected chi connectivity index (χ4v) is 6.39. The van der Waals surface area contributed by atoms with Crippen LogP contribution in [0, 0.1) is 62.3 Å². The number of hydrogen-bond acceptors (Lipinski definition) is 5. The molecule has 5 heteroatoms. The van der Waals surface area contributed by atoms with E-state index in [0.717, 1.165) is 84.6 Å². The van der Waals surface area contributed by atoms with Gasteiger partial charge in [-0.3, -0.25) is 9.98 Å². The molecule has 0 atom stereocenters. The van der Waals surface area contributed by atoms with Crippen LogP contribution in [0.4, 0.5) is 17.1 Å². The minimum Gasteiger partial charge on any atom is -0.251 e. The summed E-state index contributed by atoms with van der Waals surface area (Å²) in [7, 11) is 0. The number of nitrogens with zero attached hydrogens (tertiary/aromatic N) is 5. The highest BCUT2D eigenvalue weighted by molar-refractivity contribution is 6.13. The predicted octanol–water partition coefficient (Wildman–Crippen LogP) is 10.7. The second-order valence-corrected chi connectivity index (χ2v) is 12.9. The molecule has 5 aromatic rings. The van der Waals surface area contributed by atoms with E-state index < -0.39 is 0 Å². The van der Waals surface area contributed by atoms with Gasteiger partial charge in [0.05, 0.1) is 51.3 Å². The van der Waals surface area contributed by atoms with Crippen molar-refractivity contribution in [1.82, 2.24) is 9.97 Å². The first kappa shape index (κ1) is 33.3. The van der Waals surface area contributed by atoms with Gasteiger partial charge in [0.2, 0.25) is 0 Å². The van der Waals surface area contributed by atoms with Crippen molar-refractivity contribution in [3.8, 4) is 0 Å². The first-order chi connectivity index (χ1) is 22.3. The van der Waals surface area contributed by atoms with Crippen molar-refractivity contribution >= 4 is 34.2 Å². The van der Waals surface area contributed by atoms with Crippen LogP contribution in [0.5, 0.6) is 0 Å². The molecule has 5 nitrogen and oxygen atoms in total.